The predicted molar refractivity (Wildman–Crippen MR) is 167 cm³/mol. The van der Waals surface area contributed by atoms with Crippen LogP contribution >= 0.6 is 0 Å². The van der Waals surface area contributed by atoms with Crippen LogP contribution in [0.4, 0.5) is 0 Å². The van der Waals surface area contributed by atoms with E-state index in [1.807, 2.05) is 91.0 Å². The zero-order chi connectivity index (χ0) is 32.6. The summed E-state index contributed by atoms with van der Waals surface area (Å²) in [7, 11) is 0. The van der Waals surface area contributed by atoms with Crippen LogP contribution in [0.1, 0.15) is 23.0 Å². The molecule has 3 aliphatic heterocycles. The van der Waals surface area contributed by atoms with Gasteiger partial charge in [-0.05, 0) is 11.1 Å². The molecule has 0 bridgehead atoms. The van der Waals surface area contributed by atoms with Crippen LogP contribution in [0.2, 0.25) is 0 Å². The topological polar surface area (TPSA) is 135 Å². The summed E-state index contributed by atoms with van der Waals surface area (Å²) in [5.74, 6) is 0. The highest BCUT2D eigenvalue weighted by molar-refractivity contribution is 5.17. The summed E-state index contributed by atoms with van der Waals surface area (Å²) in [6.07, 6.45) is -9.48. The minimum atomic E-state index is -1.33. The predicted octanol–water partition coefficient (Wildman–Crippen LogP) is 3.02. The van der Waals surface area contributed by atoms with Gasteiger partial charge in [-0.25, -0.2) is 0 Å². The van der Waals surface area contributed by atoms with Crippen LogP contribution in [0, 0.1) is 0 Å². The Balaban J connectivity index is 1.21. The molecule has 0 saturated carbocycles. The maximum atomic E-state index is 11.6. The van der Waals surface area contributed by atoms with E-state index in [1.165, 1.54) is 0 Å². The van der Waals surface area contributed by atoms with Gasteiger partial charge in [-0.3, -0.25) is 0 Å². The second kappa shape index (κ2) is 16.4. The van der Waals surface area contributed by atoms with Gasteiger partial charge in [0, 0.05) is 5.56 Å². The van der Waals surface area contributed by atoms with E-state index in [0.29, 0.717) is 0 Å². The minimum Gasteiger partial charge on any atom is -0.394 e. The molecule has 0 radical (unpaired) electrons. The van der Waals surface area contributed by atoms with Crippen molar-refractivity contribution in [3.8, 4) is 0 Å². The first-order valence-electron chi connectivity index (χ1n) is 15.8. The molecule has 3 aromatic carbocycles. The van der Waals surface area contributed by atoms with Crippen molar-refractivity contribution in [1.29, 1.82) is 0 Å². The van der Waals surface area contributed by atoms with Crippen molar-refractivity contribution in [2.24, 2.45) is 0 Å². The molecule has 11 heteroatoms. The van der Waals surface area contributed by atoms with Gasteiger partial charge in [0.25, 0.3) is 0 Å². The van der Waals surface area contributed by atoms with Crippen LogP contribution in [0.15, 0.2) is 104 Å². The van der Waals surface area contributed by atoms with Crippen molar-refractivity contribution in [3.05, 3.63) is 120 Å². The van der Waals surface area contributed by atoms with Gasteiger partial charge in [0.15, 0.2) is 18.9 Å². The fourth-order valence-corrected chi connectivity index (χ4v) is 6.03. The molecular formula is C36H42O11. The molecule has 3 N–H and O–H groups in total. The SMILES string of the molecule is C=CCO[C@@H]1[C@@H](O)[C@H](O[C@H]2[C@H](OCc3ccccc3)[C@@H](O)[C@H](OCc3ccccc3)O[C@@H]2CO)O[C@@H]2COC(c3ccccc3)O[C@H]12. The van der Waals surface area contributed by atoms with E-state index in [-0.39, 0.29) is 26.4 Å². The number of aliphatic hydroxyl groups excluding tert-OH is 3. The van der Waals surface area contributed by atoms with E-state index in [9.17, 15) is 15.3 Å². The molecule has 0 aliphatic carbocycles. The molecule has 1 unspecified atom stereocenters. The molecule has 0 aromatic heterocycles. The molecule has 3 fully saturated rings. The van der Waals surface area contributed by atoms with Gasteiger partial charge in [-0.1, -0.05) is 97.1 Å². The molecule has 47 heavy (non-hydrogen) atoms. The van der Waals surface area contributed by atoms with Crippen molar-refractivity contribution >= 4 is 0 Å². The van der Waals surface area contributed by atoms with Gasteiger partial charge < -0.3 is 53.2 Å². The third kappa shape index (κ3) is 8.16. The first-order chi connectivity index (χ1) is 23.1. The lowest BCUT2D eigenvalue weighted by Crippen LogP contribution is -2.66. The van der Waals surface area contributed by atoms with Crippen molar-refractivity contribution in [1.82, 2.24) is 0 Å². The number of ether oxygens (including phenoxy) is 8. The Morgan fingerprint density at radius 3 is 1.96 bits per heavy atom. The third-order valence-corrected chi connectivity index (χ3v) is 8.41. The van der Waals surface area contributed by atoms with Crippen molar-refractivity contribution < 1.29 is 53.2 Å². The monoisotopic (exact) mass is 650 g/mol. The minimum absolute atomic E-state index is 0.137. The number of aliphatic hydroxyl groups is 3. The third-order valence-electron chi connectivity index (χ3n) is 8.41. The highest BCUT2D eigenvalue weighted by Gasteiger charge is 2.54. The molecule has 3 saturated heterocycles. The van der Waals surface area contributed by atoms with E-state index >= 15 is 0 Å². The molecule has 3 aliphatic rings. The zero-order valence-electron chi connectivity index (χ0n) is 25.9. The summed E-state index contributed by atoms with van der Waals surface area (Å²) >= 11 is 0. The van der Waals surface area contributed by atoms with Crippen LogP contribution in [0.25, 0.3) is 0 Å². The number of rotatable bonds is 13. The van der Waals surface area contributed by atoms with Crippen LogP contribution < -0.4 is 0 Å². The summed E-state index contributed by atoms with van der Waals surface area (Å²) in [4.78, 5) is 0. The van der Waals surface area contributed by atoms with Crippen molar-refractivity contribution in [2.75, 3.05) is 19.8 Å². The normalized spacial score (nSPS) is 34.0. The van der Waals surface area contributed by atoms with Crippen LogP contribution in [-0.4, -0.2) is 96.6 Å². The number of fused-ring (bicyclic) bond motifs is 1. The largest absolute Gasteiger partial charge is 0.394 e. The number of benzene rings is 3. The Hall–Kier alpha value is -3.04. The lowest BCUT2D eigenvalue weighted by Gasteiger charge is -2.50. The Kier molecular flexibility index (Phi) is 11.8. The molecule has 11 nitrogen and oxygen atoms in total. The Morgan fingerprint density at radius 2 is 1.32 bits per heavy atom. The van der Waals surface area contributed by atoms with E-state index in [1.54, 1.807) is 6.08 Å². The van der Waals surface area contributed by atoms with Gasteiger partial charge in [-0.15, -0.1) is 6.58 Å². The van der Waals surface area contributed by atoms with Crippen molar-refractivity contribution in [2.45, 2.75) is 80.9 Å². The van der Waals surface area contributed by atoms with Crippen LogP contribution in [-0.2, 0) is 51.1 Å². The number of hydrogen-bond acceptors (Lipinski definition) is 11. The molecule has 3 heterocycles. The second-order valence-electron chi connectivity index (χ2n) is 11.7. The Morgan fingerprint density at radius 1 is 0.702 bits per heavy atom. The zero-order valence-corrected chi connectivity index (χ0v) is 25.9. The van der Waals surface area contributed by atoms with Crippen LogP contribution in [0.5, 0.6) is 0 Å². The first kappa shape index (κ1) is 33.8. The maximum Gasteiger partial charge on any atom is 0.187 e. The van der Waals surface area contributed by atoms with Crippen LogP contribution in [0.3, 0.4) is 0 Å². The van der Waals surface area contributed by atoms with Gasteiger partial charge in [0.1, 0.15) is 48.8 Å². The van der Waals surface area contributed by atoms with Gasteiger partial charge in [0.2, 0.25) is 0 Å². The fourth-order valence-electron chi connectivity index (χ4n) is 6.03. The second-order valence-corrected chi connectivity index (χ2v) is 11.7. The molecule has 0 amide bonds. The lowest BCUT2D eigenvalue weighted by molar-refractivity contribution is -0.390. The average molecular weight is 651 g/mol. The van der Waals surface area contributed by atoms with Crippen molar-refractivity contribution in [3.63, 3.8) is 0 Å². The van der Waals surface area contributed by atoms with E-state index in [4.69, 9.17) is 37.9 Å². The molecule has 11 atom stereocenters. The first-order valence-corrected chi connectivity index (χ1v) is 15.8. The van der Waals surface area contributed by atoms with E-state index in [0.717, 1.165) is 16.7 Å². The Bertz CT molecular complexity index is 1360. The molecule has 0 spiro atoms. The highest BCUT2D eigenvalue weighted by Crippen LogP contribution is 2.37. The molecule has 252 valence electrons. The standard InChI is InChI=1S/C36H42O11/c1-2-18-40-32-29(39)36(45-27-22-43-34(46-31(27)32)25-16-10-5-11-17-25)47-30-26(19-37)44-35(42-21-24-14-8-4-9-15-24)28(38)33(30)41-20-23-12-6-3-7-13-23/h2-17,26-39H,1,18-22H2/t26-,27-,28-,29-,30-,31+,32-,33-,34?,35-,36+/m1/s1. The van der Waals surface area contributed by atoms with E-state index in [2.05, 4.69) is 6.58 Å². The molecule has 6 rings (SSSR count). The smallest absolute Gasteiger partial charge is 0.187 e. The highest BCUT2D eigenvalue weighted by atomic mass is 16.8. The summed E-state index contributed by atoms with van der Waals surface area (Å²) in [6, 6.07) is 28.4. The average Bonchev–Trinajstić information content (AvgIpc) is 3.12. The summed E-state index contributed by atoms with van der Waals surface area (Å²) < 4.78 is 49.2. The molecule has 3 aromatic rings. The maximum absolute atomic E-state index is 11.6. The summed E-state index contributed by atoms with van der Waals surface area (Å²) in [6.45, 7) is 3.84. The van der Waals surface area contributed by atoms with Gasteiger partial charge in [0.05, 0.1) is 33.0 Å². The lowest BCUT2D eigenvalue weighted by atomic mass is 9.95. The Labute approximate surface area is 274 Å². The van der Waals surface area contributed by atoms with Gasteiger partial charge in [-0.2, -0.15) is 0 Å². The van der Waals surface area contributed by atoms with Gasteiger partial charge >= 0.3 is 0 Å². The number of hydrogen-bond donors (Lipinski definition) is 3. The molecular weight excluding hydrogens is 608 g/mol. The summed E-state index contributed by atoms with van der Waals surface area (Å²) in [5, 5.41) is 33.6. The quantitative estimate of drug-likeness (QED) is 0.236. The summed E-state index contributed by atoms with van der Waals surface area (Å²) in [5.41, 5.74) is 2.57. The van der Waals surface area contributed by atoms with E-state index < -0.39 is 74.3 Å². The fraction of sp³-hybridized carbons (Fsp3) is 0.444.